The number of nitrogens with one attached hydrogen (secondary N) is 2. The number of Topliss-reactive ketones (excluding diaryl/α,β-unsaturated/α-hetero) is 1. The third kappa shape index (κ3) is 9.20. The van der Waals surface area contributed by atoms with E-state index in [4.69, 9.17) is 4.74 Å². The Balaban J connectivity index is 2.29. The number of ether oxygens (including phenoxy) is 1. The number of alkyl carbamates (subject to hydrolysis) is 1. The van der Waals surface area contributed by atoms with Gasteiger partial charge in [-0.05, 0) is 18.4 Å². The summed E-state index contributed by atoms with van der Waals surface area (Å²) in [6.07, 6.45) is 4.36. The second-order valence-corrected chi connectivity index (χ2v) is 6.23. The molecule has 0 aromatic heterocycles. The molecule has 1 aromatic carbocycles. The molecule has 0 heterocycles. The Labute approximate surface area is 155 Å². The maximum atomic E-state index is 12.1. The molecule has 6 nitrogen and oxygen atoms in total. The van der Waals surface area contributed by atoms with E-state index in [1.165, 1.54) is 0 Å². The molecule has 2 N–H and O–H groups in total. The van der Waals surface area contributed by atoms with E-state index in [0.29, 0.717) is 12.8 Å². The number of benzene rings is 1. The van der Waals surface area contributed by atoms with Gasteiger partial charge in [0.1, 0.15) is 12.6 Å². The van der Waals surface area contributed by atoms with Crippen LogP contribution in [0.1, 0.15) is 57.9 Å². The van der Waals surface area contributed by atoms with Gasteiger partial charge in [0.05, 0.1) is 6.54 Å². The molecule has 0 saturated carbocycles. The number of rotatable bonds is 12. The van der Waals surface area contributed by atoms with Crippen LogP contribution in [-0.2, 0) is 20.9 Å². The highest BCUT2D eigenvalue weighted by molar-refractivity contribution is 5.90. The average Bonchev–Trinajstić information content (AvgIpc) is 2.66. The highest BCUT2D eigenvalue weighted by atomic mass is 16.5. The largest absolute Gasteiger partial charge is 0.445 e. The normalized spacial score (nSPS) is 11.5. The Hall–Kier alpha value is -2.37. The van der Waals surface area contributed by atoms with Crippen molar-refractivity contribution in [1.29, 1.82) is 0 Å². The minimum Gasteiger partial charge on any atom is -0.445 e. The Bertz CT molecular complexity index is 560. The monoisotopic (exact) mass is 362 g/mol. The van der Waals surface area contributed by atoms with Crippen LogP contribution in [-0.4, -0.2) is 30.4 Å². The summed E-state index contributed by atoms with van der Waals surface area (Å²) in [5, 5.41) is 5.13. The highest BCUT2D eigenvalue weighted by Gasteiger charge is 2.20. The van der Waals surface area contributed by atoms with Crippen LogP contribution in [0, 0.1) is 0 Å². The van der Waals surface area contributed by atoms with Crippen LogP contribution in [0.3, 0.4) is 0 Å². The van der Waals surface area contributed by atoms with Crippen LogP contribution in [0.15, 0.2) is 30.3 Å². The number of ketones is 1. The lowest BCUT2D eigenvalue weighted by molar-refractivity contribution is -0.126. The van der Waals surface area contributed by atoms with Crippen molar-refractivity contribution in [3.63, 3.8) is 0 Å². The molecular weight excluding hydrogens is 332 g/mol. The van der Waals surface area contributed by atoms with Gasteiger partial charge in [-0.1, -0.05) is 63.4 Å². The molecule has 0 aliphatic rings. The number of amides is 2. The molecule has 1 rings (SSSR count). The minimum absolute atomic E-state index is 0.00218. The van der Waals surface area contributed by atoms with Crippen LogP contribution in [0.5, 0.6) is 0 Å². The molecule has 1 aromatic rings. The quantitative estimate of drug-likeness (QED) is 0.559. The third-order valence-corrected chi connectivity index (χ3v) is 4.00. The molecule has 0 spiro atoms. The van der Waals surface area contributed by atoms with Crippen LogP contribution < -0.4 is 10.6 Å². The van der Waals surface area contributed by atoms with Gasteiger partial charge in [-0.15, -0.1) is 0 Å². The molecule has 0 radical (unpaired) electrons. The Kier molecular flexibility index (Phi) is 10.8. The molecule has 1 atom stereocenters. The van der Waals surface area contributed by atoms with Gasteiger partial charge >= 0.3 is 6.09 Å². The molecule has 0 fully saturated rings. The van der Waals surface area contributed by atoms with Gasteiger partial charge in [0.25, 0.3) is 0 Å². The first kappa shape index (κ1) is 21.7. The van der Waals surface area contributed by atoms with E-state index in [9.17, 15) is 14.4 Å². The zero-order valence-electron chi connectivity index (χ0n) is 15.8. The Morgan fingerprint density at radius 2 is 1.77 bits per heavy atom. The number of hydrogen-bond donors (Lipinski definition) is 2. The zero-order chi connectivity index (χ0) is 19.2. The Morgan fingerprint density at radius 1 is 1.04 bits per heavy atom. The van der Waals surface area contributed by atoms with Crippen molar-refractivity contribution in [2.45, 2.75) is 65.0 Å². The van der Waals surface area contributed by atoms with Crippen LogP contribution in [0.4, 0.5) is 4.79 Å². The first-order chi connectivity index (χ1) is 12.6. The fourth-order valence-corrected chi connectivity index (χ4v) is 2.41. The van der Waals surface area contributed by atoms with Crippen molar-refractivity contribution >= 4 is 17.8 Å². The first-order valence-corrected chi connectivity index (χ1v) is 9.33. The number of unbranched alkanes of at least 4 members (excludes halogenated alkanes) is 3. The van der Waals surface area contributed by atoms with E-state index in [2.05, 4.69) is 17.6 Å². The number of carbonyl (C=O) groups excluding carboxylic acids is 3. The van der Waals surface area contributed by atoms with E-state index < -0.39 is 12.1 Å². The molecular formula is C20H30N2O4. The lowest BCUT2D eigenvalue weighted by Crippen LogP contribution is -2.47. The van der Waals surface area contributed by atoms with Crippen LogP contribution in [0.25, 0.3) is 0 Å². The second-order valence-electron chi connectivity index (χ2n) is 6.23. The van der Waals surface area contributed by atoms with E-state index in [0.717, 1.165) is 31.2 Å². The fourth-order valence-electron chi connectivity index (χ4n) is 2.41. The van der Waals surface area contributed by atoms with Gasteiger partial charge in [0, 0.05) is 6.42 Å². The topological polar surface area (TPSA) is 84.5 Å². The molecule has 0 bridgehead atoms. The number of hydrogen-bond acceptors (Lipinski definition) is 4. The lowest BCUT2D eigenvalue weighted by atomic mass is 10.1. The molecule has 0 aliphatic carbocycles. The van der Waals surface area contributed by atoms with Gasteiger partial charge in [0.2, 0.25) is 5.91 Å². The molecule has 144 valence electrons. The van der Waals surface area contributed by atoms with E-state index in [1.807, 2.05) is 30.3 Å². The van der Waals surface area contributed by atoms with Gasteiger partial charge in [-0.3, -0.25) is 9.59 Å². The molecule has 26 heavy (non-hydrogen) atoms. The van der Waals surface area contributed by atoms with E-state index in [-0.39, 0.29) is 24.8 Å². The molecule has 2 amide bonds. The lowest BCUT2D eigenvalue weighted by Gasteiger charge is -2.16. The maximum Gasteiger partial charge on any atom is 0.408 e. The van der Waals surface area contributed by atoms with Crippen molar-refractivity contribution in [3.8, 4) is 0 Å². The summed E-state index contributed by atoms with van der Waals surface area (Å²) in [6, 6.07) is 8.58. The smallest absolute Gasteiger partial charge is 0.408 e. The third-order valence-electron chi connectivity index (χ3n) is 4.00. The van der Waals surface area contributed by atoms with Crippen molar-refractivity contribution in [2.24, 2.45) is 0 Å². The standard InChI is InChI=1S/C20H30N2O4/c1-3-5-6-10-13-17(23)14-21-19(24)18(4-2)22-20(25)26-15-16-11-8-7-9-12-16/h7-9,11-12,18H,3-6,10,13-15H2,1-2H3,(H,21,24)(H,22,25)/t18-/m0/s1. The predicted octanol–water partition coefficient (Wildman–Crippen LogP) is 3.35. The molecule has 0 saturated heterocycles. The second kappa shape index (κ2) is 12.9. The summed E-state index contributed by atoms with van der Waals surface area (Å²) < 4.78 is 5.12. The summed E-state index contributed by atoms with van der Waals surface area (Å²) in [5.41, 5.74) is 0.869. The average molecular weight is 362 g/mol. The molecule has 6 heteroatoms. The molecule has 0 unspecified atom stereocenters. The summed E-state index contributed by atoms with van der Waals surface area (Å²) in [6.45, 7) is 4.04. The van der Waals surface area contributed by atoms with Crippen LogP contribution >= 0.6 is 0 Å². The van der Waals surface area contributed by atoms with E-state index in [1.54, 1.807) is 6.92 Å². The Morgan fingerprint density at radius 3 is 2.42 bits per heavy atom. The summed E-state index contributed by atoms with van der Waals surface area (Å²) in [7, 11) is 0. The predicted molar refractivity (Wildman–Crippen MR) is 101 cm³/mol. The number of carbonyl (C=O) groups is 3. The van der Waals surface area contributed by atoms with Crippen molar-refractivity contribution in [1.82, 2.24) is 10.6 Å². The SMILES string of the molecule is CCCCCCC(=O)CNC(=O)[C@H](CC)NC(=O)OCc1ccccc1. The summed E-state index contributed by atoms with van der Waals surface area (Å²) in [5.74, 6) is -0.359. The maximum absolute atomic E-state index is 12.1. The first-order valence-electron chi connectivity index (χ1n) is 9.33. The van der Waals surface area contributed by atoms with Crippen molar-refractivity contribution in [2.75, 3.05) is 6.54 Å². The van der Waals surface area contributed by atoms with Crippen LogP contribution in [0.2, 0.25) is 0 Å². The minimum atomic E-state index is -0.717. The van der Waals surface area contributed by atoms with E-state index >= 15 is 0 Å². The van der Waals surface area contributed by atoms with Crippen molar-refractivity contribution in [3.05, 3.63) is 35.9 Å². The summed E-state index contributed by atoms with van der Waals surface area (Å²) in [4.78, 5) is 35.8. The van der Waals surface area contributed by atoms with Crippen molar-refractivity contribution < 1.29 is 19.1 Å². The zero-order valence-corrected chi connectivity index (χ0v) is 15.8. The highest BCUT2D eigenvalue weighted by Crippen LogP contribution is 2.03. The van der Waals surface area contributed by atoms with Gasteiger partial charge in [-0.25, -0.2) is 4.79 Å². The summed E-state index contributed by atoms with van der Waals surface area (Å²) >= 11 is 0. The van der Waals surface area contributed by atoms with Gasteiger partial charge in [-0.2, -0.15) is 0 Å². The van der Waals surface area contributed by atoms with Gasteiger partial charge < -0.3 is 15.4 Å². The molecule has 0 aliphatic heterocycles. The fraction of sp³-hybridized carbons (Fsp3) is 0.550. The van der Waals surface area contributed by atoms with Gasteiger partial charge in [0.15, 0.2) is 5.78 Å².